The molecule has 0 unspecified atom stereocenters. The van der Waals surface area contributed by atoms with Crippen LogP contribution in [0.1, 0.15) is 12.0 Å². The summed E-state index contributed by atoms with van der Waals surface area (Å²) >= 11 is 0. The van der Waals surface area contributed by atoms with E-state index in [0.717, 1.165) is 17.9 Å². The molecule has 1 aliphatic heterocycles. The van der Waals surface area contributed by atoms with Gasteiger partial charge in [0, 0.05) is 31.8 Å². The van der Waals surface area contributed by atoms with Gasteiger partial charge >= 0.3 is 0 Å². The second-order valence-electron chi connectivity index (χ2n) is 5.55. The molecule has 26 heavy (non-hydrogen) atoms. The molecule has 8 heteroatoms. The topological polar surface area (TPSA) is 75.1 Å². The van der Waals surface area contributed by atoms with Crippen molar-refractivity contribution in [3.63, 3.8) is 0 Å². The molecule has 0 aromatic heterocycles. The largest absolute Gasteiger partial charge is 0.505 e. The van der Waals surface area contributed by atoms with Crippen LogP contribution in [0.25, 0.3) is 0 Å². The van der Waals surface area contributed by atoms with Gasteiger partial charge in [-0.3, -0.25) is 4.99 Å². The predicted molar refractivity (Wildman–Crippen MR) is 109 cm³/mol. The third-order valence-corrected chi connectivity index (χ3v) is 3.71. The number of ether oxygens (including phenoxy) is 2. The molecule has 2 aromatic rings. The molecule has 0 radical (unpaired) electrons. The van der Waals surface area contributed by atoms with Crippen LogP contribution in [0.3, 0.4) is 0 Å². The number of fused-ring (bicyclic) bond motifs is 1. The fourth-order valence-electron chi connectivity index (χ4n) is 2.40. The van der Waals surface area contributed by atoms with Crippen LogP contribution in [0.15, 0.2) is 41.4 Å². The van der Waals surface area contributed by atoms with Crippen LogP contribution >= 0.6 is 24.0 Å². The molecule has 2 aromatic carbocycles. The quantitative estimate of drug-likeness (QED) is 0.362. The molecule has 6 nitrogen and oxygen atoms in total. The van der Waals surface area contributed by atoms with Gasteiger partial charge in [-0.2, -0.15) is 0 Å². The third-order valence-electron chi connectivity index (χ3n) is 3.71. The Morgan fingerprint density at radius 1 is 1.15 bits per heavy atom. The number of aromatic hydroxyl groups is 1. The minimum absolute atomic E-state index is 0. The number of aliphatic imine (C=N–C) groups is 1. The number of nitrogens with one attached hydrogen (secondary N) is 2. The monoisotopic (exact) mass is 473 g/mol. The fraction of sp³-hybridized carbons (Fsp3) is 0.278. The summed E-state index contributed by atoms with van der Waals surface area (Å²) in [4.78, 5) is 4.15. The van der Waals surface area contributed by atoms with Crippen LogP contribution in [0, 0.1) is 5.82 Å². The van der Waals surface area contributed by atoms with Gasteiger partial charge in [0.25, 0.3) is 0 Å². The van der Waals surface area contributed by atoms with Crippen molar-refractivity contribution in [2.75, 3.05) is 25.6 Å². The number of hydrogen-bond donors (Lipinski definition) is 3. The van der Waals surface area contributed by atoms with Crippen LogP contribution < -0.4 is 20.1 Å². The molecular formula is C18H21FIN3O3. The summed E-state index contributed by atoms with van der Waals surface area (Å²) < 4.78 is 24.7. The number of nitrogens with zero attached hydrogens (tertiary/aromatic N) is 1. The third kappa shape index (κ3) is 5.13. The Hall–Kier alpha value is -2.23. The maximum absolute atomic E-state index is 13.4. The van der Waals surface area contributed by atoms with E-state index in [-0.39, 0.29) is 29.7 Å². The standard InChI is InChI=1S/C18H20FN3O3.HI/c1-20-18(21-11-12-3-5-15(23)14(19)9-12)22-13-4-6-16-17(10-13)25-8-2-7-24-16;/h3-6,9-10,23H,2,7-8,11H2,1H3,(H2,20,21,22);1H. The second-order valence-corrected chi connectivity index (χ2v) is 5.55. The van der Waals surface area contributed by atoms with Crippen LogP contribution in [0.2, 0.25) is 0 Å². The first-order chi connectivity index (χ1) is 12.2. The van der Waals surface area contributed by atoms with Crippen molar-refractivity contribution in [2.24, 2.45) is 4.99 Å². The van der Waals surface area contributed by atoms with Crippen molar-refractivity contribution in [2.45, 2.75) is 13.0 Å². The molecular weight excluding hydrogens is 452 g/mol. The SMILES string of the molecule is CN=C(NCc1ccc(O)c(F)c1)Nc1ccc2c(c1)OCCCO2.I. The van der Waals surface area contributed by atoms with E-state index in [4.69, 9.17) is 9.47 Å². The van der Waals surface area contributed by atoms with Crippen LogP contribution in [0.4, 0.5) is 10.1 Å². The van der Waals surface area contributed by atoms with E-state index in [1.165, 1.54) is 12.1 Å². The molecule has 0 spiro atoms. The lowest BCUT2D eigenvalue weighted by Gasteiger charge is -2.14. The molecule has 0 amide bonds. The number of phenols is 1. The van der Waals surface area contributed by atoms with Gasteiger partial charge in [-0.25, -0.2) is 4.39 Å². The lowest BCUT2D eigenvalue weighted by Crippen LogP contribution is -2.30. The Morgan fingerprint density at radius 3 is 2.65 bits per heavy atom. The van der Waals surface area contributed by atoms with Crippen molar-refractivity contribution >= 4 is 35.6 Å². The Bertz CT molecular complexity index is 786. The first-order valence-electron chi connectivity index (χ1n) is 8.00. The summed E-state index contributed by atoms with van der Waals surface area (Å²) in [5.74, 6) is 0.940. The van der Waals surface area contributed by atoms with E-state index in [2.05, 4.69) is 15.6 Å². The molecule has 0 saturated carbocycles. The first kappa shape index (κ1) is 20.1. The average molecular weight is 473 g/mol. The molecule has 0 atom stereocenters. The van der Waals surface area contributed by atoms with Crippen molar-refractivity contribution in [1.29, 1.82) is 0 Å². The second kappa shape index (κ2) is 9.46. The van der Waals surface area contributed by atoms with Crippen molar-refractivity contribution in [3.8, 4) is 17.2 Å². The summed E-state index contributed by atoms with van der Waals surface area (Å²) in [5, 5.41) is 15.5. The van der Waals surface area contributed by atoms with E-state index in [1.807, 2.05) is 18.2 Å². The summed E-state index contributed by atoms with van der Waals surface area (Å²) in [7, 11) is 1.65. The molecule has 3 N–H and O–H groups in total. The number of halogens is 2. The number of guanidine groups is 1. The Morgan fingerprint density at radius 2 is 1.92 bits per heavy atom. The summed E-state index contributed by atoms with van der Waals surface area (Å²) in [6.45, 7) is 1.63. The average Bonchev–Trinajstić information content (AvgIpc) is 2.86. The molecule has 1 heterocycles. The minimum atomic E-state index is -0.648. The zero-order valence-electron chi connectivity index (χ0n) is 14.3. The smallest absolute Gasteiger partial charge is 0.195 e. The molecule has 0 fully saturated rings. The van der Waals surface area contributed by atoms with Crippen LogP contribution in [0.5, 0.6) is 17.2 Å². The zero-order chi connectivity index (χ0) is 17.6. The highest BCUT2D eigenvalue weighted by Crippen LogP contribution is 2.32. The molecule has 0 bridgehead atoms. The van der Waals surface area contributed by atoms with Gasteiger partial charge in [0.15, 0.2) is 29.0 Å². The predicted octanol–water partition coefficient (Wildman–Crippen LogP) is 3.50. The van der Waals surface area contributed by atoms with E-state index < -0.39 is 5.82 Å². The van der Waals surface area contributed by atoms with Gasteiger partial charge in [-0.1, -0.05) is 6.07 Å². The van der Waals surface area contributed by atoms with E-state index in [9.17, 15) is 9.50 Å². The molecule has 1 aliphatic rings. The number of benzene rings is 2. The zero-order valence-corrected chi connectivity index (χ0v) is 16.6. The number of anilines is 1. The van der Waals surface area contributed by atoms with Gasteiger partial charge in [-0.15, -0.1) is 24.0 Å². The maximum Gasteiger partial charge on any atom is 0.195 e. The van der Waals surface area contributed by atoms with Crippen LogP contribution in [-0.2, 0) is 6.54 Å². The van der Waals surface area contributed by atoms with Gasteiger partial charge in [0.05, 0.1) is 13.2 Å². The highest BCUT2D eigenvalue weighted by atomic mass is 127. The van der Waals surface area contributed by atoms with Gasteiger partial charge in [-0.05, 0) is 29.8 Å². The van der Waals surface area contributed by atoms with Crippen molar-refractivity contribution in [1.82, 2.24) is 5.32 Å². The van der Waals surface area contributed by atoms with Gasteiger partial charge < -0.3 is 25.2 Å². The molecule has 140 valence electrons. The summed E-state index contributed by atoms with van der Waals surface area (Å²) in [6.07, 6.45) is 0.851. The molecule has 0 aliphatic carbocycles. The van der Waals surface area contributed by atoms with Crippen LogP contribution in [-0.4, -0.2) is 31.3 Å². The first-order valence-corrected chi connectivity index (χ1v) is 8.00. The Labute approximate surface area is 168 Å². The van der Waals surface area contributed by atoms with E-state index >= 15 is 0 Å². The van der Waals surface area contributed by atoms with Gasteiger partial charge in [0.2, 0.25) is 0 Å². The van der Waals surface area contributed by atoms with Crippen molar-refractivity contribution in [3.05, 3.63) is 47.8 Å². The lowest BCUT2D eigenvalue weighted by atomic mass is 10.2. The van der Waals surface area contributed by atoms with Crippen molar-refractivity contribution < 1.29 is 19.0 Å². The number of rotatable bonds is 3. The lowest BCUT2D eigenvalue weighted by molar-refractivity contribution is 0.297. The molecule has 3 rings (SSSR count). The van der Waals surface area contributed by atoms with E-state index in [1.54, 1.807) is 13.1 Å². The highest BCUT2D eigenvalue weighted by molar-refractivity contribution is 14.0. The summed E-state index contributed by atoms with van der Waals surface area (Å²) in [5.41, 5.74) is 1.49. The molecule has 0 saturated heterocycles. The Balaban J connectivity index is 0.00000243. The fourth-order valence-corrected chi connectivity index (χ4v) is 2.40. The summed E-state index contributed by atoms with van der Waals surface area (Å²) in [6, 6.07) is 9.84. The number of hydrogen-bond acceptors (Lipinski definition) is 4. The van der Waals surface area contributed by atoms with Gasteiger partial charge in [0.1, 0.15) is 0 Å². The Kier molecular flexibility index (Phi) is 7.31. The normalized spacial score (nSPS) is 13.4. The minimum Gasteiger partial charge on any atom is -0.505 e. The maximum atomic E-state index is 13.4. The number of phenolic OH excluding ortho intramolecular Hbond substituents is 1. The van der Waals surface area contributed by atoms with E-state index in [0.29, 0.717) is 37.0 Å². The highest BCUT2D eigenvalue weighted by Gasteiger charge is 2.11.